The zero-order chi connectivity index (χ0) is 17.1. The topological polar surface area (TPSA) is 60.7 Å². The molecule has 122 valence electrons. The summed E-state index contributed by atoms with van der Waals surface area (Å²) in [5.41, 5.74) is 4.96. The maximum Gasteiger partial charge on any atom is 0.214 e. The van der Waals surface area contributed by atoms with Crippen molar-refractivity contribution in [2.45, 2.75) is 25.9 Å². The Morgan fingerprint density at radius 1 is 1.04 bits per heavy atom. The largest absolute Gasteiger partial charge is 0.293 e. The molecule has 0 atom stereocenters. The highest BCUT2D eigenvalue weighted by Gasteiger charge is 2.14. The molecule has 0 spiro atoms. The highest BCUT2D eigenvalue weighted by Crippen LogP contribution is 2.21. The van der Waals surface area contributed by atoms with Crippen molar-refractivity contribution in [3.8, 4) is 5.69 Å². The number of aromatic nitrogens is 4. The van der Waals surface area contributed by atoms with Gasteiger partial charge in [0.25, 0.3) is 0 Å². The van der Waals surface area contributed by atoms with Crippen molar-refractivity contribution in [2.24, 2.45) is 0 Å². The van der Waals surface area contributed by atoms with Gasteiger partial charge in [-0.25, -0.2) is 0 Å². The van der Waals surface area contributed by atoms with Gasteiger partial charge in [-0.15, -0.1) is 5.10 Å². The Labute approximate surface area is 145 Å². The fourth-order valence-corrected chi connectivity index (χ4v) is 3.23. The van der Waals surface area contributed by atoms with Gasteiger partial charge in [0.15, 0.2) is 5.78 Å². The summed E-state index contributed by atoms with van der Waals surface area (Å²) in [6, 6.07) is 13.8. The number of rotatable bonds is 5. The third-order valence-corrected chi connectivity index (χ3v) is 4.65. The smallest absolute Gasteiger partial charge is 0.214 e. The number of carbonyl (C=O) groups is 1. The number of ketones is 1. The summed E-state index contributed by atoms with van der Waals surface area (Å²) in [5, 5.41) is 12.4. The van der Waals surface area contributed by atoms with Gasteiger partial charge >= 0.3 is 0 Å². The van der Waals surface area contributed by atoms with Crippen LogP contribution in [0.4, 0.5) is 0 Å². The second kappa shape index (κ2) is 6.97. The van der Waals surface area contributed by atoms with Crippen LogP contribution in [0.3, 0.4) is 0 Å². The zero-order valence-electron chi connectivity index (χ0n) is 13.9. The van der Waals surface area contributed by atoms with Gasteiger partial charge in [-0.05, 0) is 48.9 Å². The van der Waals surface area contributed by atoms with Crippen LogP contribution >= 0.6 is 11.8 Å². The number of hydrogen-bond acceptors (Lipinski definition) is 5. The summed E-state index contributed by atoms with van der Waals surface area (Å²) in [6.07, 6.45) is 0. The highest BCUT2D eigenvalue weighted by atomic mass is 32.2. The van der Waals surface area contributed by atoms with E-state index < -0.39 is 0 Å². The van der Waals surface area contributed by atoms with Crippen LogP contribution in [0.1, 0.15) is 27.0 Å². The lowest BCUT2D eigenvalue weighted by atomic mass is 10.0. The monoisotopic (exact) mass is 338 g/mol. The van der Waals surface area contributed by atoms with Gasteiger partial charge in [-0.2, -0.15) is 4.68 Å². The molecule has 0 bridgehead atoms. The third-order valence-electron chi connectivity index (χ3n) is 3.73. The molecule has 0 aliphatic rings. The number of hydrogen-bond donors (Lipinski definition) is 0. The minimum absolute atomic E-state index is 0.0796. The van der Waals surface area contributed by atoms with Crippen molar-refractivity contribution in [1.29, 1.82) is 0 Å². The van der Waals surface area contributed by atoms with E-state index in [-0.39, 0.29) is 5.78 Å². The van der Waals surface area contributed by atoms with Gasteiger partial charge in [-0.3, -0.25) is 4.79 Å². The Balaban J connectivity index is 1.75. The predicted molar refractivity (Wildman–Crippen MR) is 94.9 cm³/mol. The van der Waals surface area contributed by atoms with Crippen molar-refractivity contribution in [3.63, 3.8) is 0 Å². The van der Waals surface area contributed by atoms with E-state index in [0.29, 0.717) is 10.9 Å². The first-order chi connectivity index (χ1) is 11.5. The Morgan fingerprint density at radius 3 is 2.46 bits per heavy atom. The van der Waals surface area contributed by atoms with Crippen LogP contribution in [0.25, 0.3) is 5.69 Å². The first-order valence-electron chi connectivity index (χ1n) is 7.63. The maximum atomic E-state index is 12.5. The normalized spacial score (nSPS) is 10.8. The van der Waals surface area contributed by atoms with Gasteiger partial charge in [0.1, 0.15) is 0 Å². The van der Waals surface area contributed by atoms with E-state index >= 15 is 0 Å². The van der Waals surface area contributed by atoms with Crippen molar-refractivity contribution < 1.29 is 4.79 Å². The lowest BCUT2D eigenvalue weighted by molar-refractivity contribution is 0.102. The van der Waals surface area contributed by atoms with E-state index in [0.717, 1.165) is 22.4 Å². The van der Waals surface area contributed by atoms with Gasteiger partial charge < -0.3 is 0 Å². The molecule has 6 heteroatoms. The quantitative estimate of drug-likeness (QED) is 0.526. The van der Waals surface area contributed by atoms with Crippen LogP contribution in [0.5, 0.6) is 0 Å². The zero-order valence-corrected chi connectivity index (χ0v) is 14.7. The number of tetrazole rings is 1. The molecule has 0 aliphatic heterocycles. The number of Topliss-reactive ketones (excluding diaryl/α,β-unsaturated/α-hetero) is 1. The molecule has 1 aromatic heterocycles. The summed E-state index contributed by atoms with van der Waals surface area (Å²) in [5.74, 6) is 0.381. The average molecular weight is 338 g/mol. The van der Waals surface area contributed by atoms with Crippen LogP contribution in [0, 0.1) is 20.8 Å². The third kappa shape index (κ3) is 3.54. The maximum absolute atomic E-state index is 12.5. The molecule has 2 aromatic carbocycles. The van der Waals surface area contributed by atoms with Gasteiger partial charge in [0.05, 0.1) is 11.4 Å². The molecule has 24 heavy (non-hydrogen) atoms. The van der Waals surface area contributed by atoms with Gasteiger partial charge in [0.2, 0.25) is 5.16 Å². The van der Waals surface area contributed by atoms with E-state index in [1.54, 1.807) is 4.68 Å². The van der Waals surface area contributed by atoms with E-state index in [9.17, 15) is 4.79 Å². The van der Waals surface area contributed by atoms with Gasteiger partial charge in [-0.1, -0.05) is 53.2 Å². The minimum atomic E-state index is 0.0796. The molecule has 0 amide bonds. The second-order valence-electron chi connectivity index (χ2n) is 5.74. The average Bonchev–Trinajstić information content (AvgIpc) is 3.02. The molecule has 0 aliphatic carbocycles. The Kier molecular flexibility index (Phi) is 4.76. The van der Waals surface area contributed by atoms with Crippen molar-refractivity contribution in [2.75, 3.05) is 5.75 Å². The molecule has 0 N–H and O–H groups in total. The van der Waals surface area contributed by atoms with Crippen LogP contribution < -0.4 is 0 Å². The predicted octanol–water partition coefficient (Wildman–Crippen LogP) is 3.56. The SMILES string of the molecule is Cc1ccc(-n2nnnc2SCC(=O)c2ccc(C)cc2C)cc1. The summed E-state index contributed by atoms with van der Waals surface area (Å²) in [7, 11) is 0. The Bertz CT molecular complexity index is 871. The van der Waals surface area contributed by atoms with Crippen molar-refractivity contribution in [1.82, 2.24) is 20.2 Å². The van der Waals surface area contributed by atoms with Crippen LogP contribution in [-0.4, -0.2) is 31.7 Å². The van der Waals surface area contributed by atoms with E-state index in [1.165, 1.54) is 17.3 Å². The molecule has 0 unspecified atom stereocenters. The molecule has 0 saturated carbocycles. The van der Waals surface area contributed by atoms with Crippen LogP contribution in [-0.2, 0) is 0 Å². The molecule has 0 fully saturated rings. The molecule has 5 nitrogen and oxygen atoms in total. The molecule has 3 aromatic rings. The molecular formula is C18H18N4OS. The number of carbonyl (C=O) groups excluding carboxylic acids is 1. The number of nitrogens with zero attached hydrogens (tertiary/aromatic N) is 4. The first-order valence-corrected chi connectivity index (χ1v) is 8.62. The molecular weight excluding hydrogens is 320 g/mol. The fourth-order valence-electron chi connectivity index (χ4n) is 2.45. The van der Waals surface area contributed by atoms with E-state index in [2.05, 4.69) is 15.5 Å². The molecule has 3 rings (SSSR count). The minimum Gasteiger partial charge on any atom is -0.293 e. The summed E-state index contributed by atoms with van der Waals surface area (Å²) < 4.78 is 1.65. The highest BCUT2D eigenvalue weighted by molar-refractivity contribution is 7.99. The van der Waals surface area contributed by atoms with Gasteiger partial charge in [0, 0.05) is 5.56 Å². The van der Waals surface area contributed by atoms with Crippen molar-refractivity contribution in [3.05, 3.63) is 64.7 Å². The molecule has 0 saturated heterocycles. The lowest BCUT2D eigenvalue weighted by Gasteiger charge is -2.07. The summed E-state index contributed by atoms with van der Waals surface area (Å²) in [6.45, 7) is 6.01. The summed E-state index contributed by atoms with van der Waals surface area (Å²) in [4.78, 5) is 12.5. The second-order valence-corrected chi connectivity index (χ2v) is 6.68. The standard InChI is InChI=1S/C18H18N4OS/c1-12-4-7-15(8-5-12)22-18(19-20-21-22)24-11-17(23)16-9-6-13(2)10-14(16)3/h4-10H,11H2,1-3H3. The first kappa shape index (κ1) is 16.4. The molecule has 1 heterocycles. The number of thioether (sulfide) groups is 1. The Morgan fingerprint density at radius 2 is 1.75 bits per heavy atom. The number of aryl methyl sites for hydroxylation is 3. The Hall–Kier alpha value is -2.47. The summed E-state index contributed by atoms with van der Waals surface area (Å²) >= 11 is 1.35. The van der Waals surface area contributed by atoms with Crippen LogP contribution in [0.15, 0.2) is 47.6 Å². The van der Waals surface area contributed by atoms with Crippen LogP contribution in [0.2, 0.25) is 0 Å². The fraction of sp³-hybridized carbons (Fsp3) is 0.222. The molecule has 0 radical (unpaired) electrons. The van der Waals surface area contributed by atoms with Crippen molar-refractivity contribution >= 4 is 17.5 Å². The van der Waals surface area contributed by atoms with E-state index in [4.69, 9.17) is 0 Å². The number of benzene rings is 2. The lowest BCUT2D eigenvalue weighted by Crippen LogP contribution is -2.06. The van der Waals surface area contributed by atoms with E-state index in [1.807, 2.05) is 63.2 Å².